The Bertz CT molecular complexity index is 550. The highest BCUT2D eigenvalue weighted by Gasteiger charge is 2.21. The zero-order valence-electron chi connectivity index (χ0n) is 14.7. The van der Waals surface area contributed by atoms with E-state index < -0.39 is 0 Å². The maximum absolute atomic E-state index is 6.13. The normalized spacial score (nSPS) is 19.3. The van der Waals surface area contributed by atoms with Crippen LogP contribution in [0.1, 0.15) is 39.0 Å². The Morgan fingerprint density at radius 2 is 2.29 bits per heavy atom. The molecule has 0 bridgehead atoms. The second-order valence-electron chi connectivity index (χ2n) is 6.24. The summed E-state index contributed by atoms with van der Waals surface area (Å²) in [5.41, 5.74) is 6.85. The number of aliphatic imine (C=N–C) groups is 1. The first kappa shape index (κ1) is 18.9. The van der Waals surface area contributed by atoms with Gasteiger partial charge < -0.3 is 15.8 Å². The topological polar surface area (TPSA) is 62.9 Å². The van der Waals surface area contributed by atoms with Crippen LogP contribution >= 0.6 is 11.6 Å². The summed E-state index contributed by atoms with van der Waals surface area (Å²) in [6, 6.07) is 5.98. The molecule has 1 aliphatic heterocycles. The third-order valence-electron chi connectivity index (χ3n) is 4.44. The molecule has 1 aromatic carbocycles. The number of hydrogen-bond acceptors (Lipinski definition) is 3. The van der Waals surface area contributed by atoms with Crippen LogP contribution in [0.5, 0.6) is 5.75 Å². The molecular weight excluding hydrogens is 324 g/mol. The zero-order chi connectivity index (χ0) is 17.4. The van der Waals surface area contributed by atoms with Crippen LogP contribution in [0.2, 0.25) is 5.02 Å². The average Bonchev–Trinajstić information content (AvgIpc) is 2.59. The summed E-state index contributed by atoms with van der Waals surface area (Å²) in [4.78, 5) is 7.10. The second-order valence-corrected chi connectivity index (χ2v) is 6.65. The van der Waals surface area contributed by atoms with E-state index in [1.54, 1.807) is 13.2 Å². The number of ether oxygens (including phenoxy) is 1. The molecule has 24 heavy (non-hydrogen) atoms. The van der Waals surface area contributed by atoms with Gasteiger partial charge in [-0.15, -0.1) is 0 Å². The van der Waals surface area contributed by atoms with Crippen LogP contribution in [0.25, 0.3) is 0 Å². The van der Waals surface area contributed by atoms with Crippen LogP contribution in [0.15, 0.2) is 23.2 Å². The number of piperidine rings is 1. The number of nitrogens with one attached hydrogen (secondary N) is 1. The molecule has 1 fully saturated rings. The van der Waals surface area contributed by atoms with Crippen molar-refractivity contribution in [1.29, 1.82) is 0 Å². The summed E-state index contributed by atoms with van der Waals surface area (Å²) in [7, 11) is 1.60. The van der Waals surface area contributed by atoms with Crippen LogP contribution < -0.4 is 15.8 Å². The minimum Gasteiger partial charge on any atom is -0.495 e. The summed E-state index contributed by atoms with van der Waals surface area (Å²) in [5.74, 6) is 1.07. The second kappa shape index (κ2) is 9.74. The molecule has 1 saturated heterocycles. The third kappa shape index (κ3) is 5.56. The zero-order valence-corrected chi connectivity index (χ0v) is 15.5. The highest BCUT2D eigenvalue weighted by atomic mass is 35.5. The Morgan fingerprint density at radius 1 is 1.46 bits per heavy atom. The van der Waals surface area contributed by atoms with Crippen LogP contribution in [0, 0.1) is 0 Å². The predicted molar refractivity (Wildman–Crippen MR) is 102 cm³/mol. The molecule has 134 valence electrons. The molecule has 1 aliphatic rings. The molecule has 2 rings (SSSR count). The number of rotatable bonds is 7. The molecule has 3 N–H and O–H groups in total. The lowest BCUT2D eigenvalue weighted by Crippen LogP contribution is -2.42. The van der Waals surface area contributed by atoms with Gasteiger partial charge in [0.25, 0.3) is 0 Å². The number of anilines is 1. The minimum absolute atomic E-state index is 0.428. The number of halogens is 1. The van der Waals surface area contributed by atoms with Gasteiger partial charge in [0.1, 0.15) is 5.75 Å². The average molecular weight is 353 g/mol. The van der Waals surface area contributed by atoms with E-state index in [2.05, 4.69) is 22.1 Å². The van der Waals surface area contributed by atoms with E-state index in [9.17, 15) is 0 Å². The highest BCUT2D eigenvalue weighted by Crippen LogP contribution is 2.27. The molecule has 1 atom stereocenters. The van der Waals surface area contributed by atoms with Crippen molar-refractivity contribution in [3.8, 4) is 5.75 Å². The molecule has 0 aliphatic carbocycles. The molecule has 1 unspecified atom stereocenters. The van der Waals surface area contributed by atoms with Crippen molar-refractivity contribution in [2.45, 2.75) is 45.1 Å². The number of benzene rings is 1. The van der Waals surface area contributed by atoms with E-state index in [-0.39, 0.29) is 0 Å². The maximum atomic E-state index is 6.13. The molecule has 0 aromatic heterocycles. The molecule has 6 heteroatoms. The Labute approximate surface area is 150 Å². The van der Waals surface area contributed by atoms with E-state index in [1.807, 2.05) is 12.1 Å². The number of nitrogens with zero attached hydrogens (tertiary/aromatic N) is 2. The van der Waals surface area contributed by atoms with E-state index in [1.165, 1.54) is 38.6 Å². The van der Waals surface area contributed by atoms with Crippen molar-refractivity contribution in [3.63, 3.8) is 0 Å². The SMILES string of the molecule is CCCCN1CCCCC1CN=C(N)Nc1ccc(OC)c(Cl)c1. The summed E-state index contributed by atoms with van der Waals surface area (Å²) in [6.07, 6.45) is 6.26. The molecular formula is C18H29ClN4O. The Hall–Kier alpha value is -1.46. The van der Waals surface area contributed by atoms with Crippen molar-refractivity contribution >= 4 is 23.2 Å². The highest BCUT2D eigenvalue weighted by molar-refractivity contribution is 6.32. The number of hydrogen-bond donors (Lipinski definition) is 2. The first-order valence-electron chi connectivity index (χ1n) is 8.78. The maximum Gasteiger partial charge on any atom is 0.193 e. The number of guanidine groups is 1. The van der Waals surface area contributed by atoms with Gasteiger partial charge in [0.05, 0.1) is 18.7 Å². The summed E-state index contributed by atoms with van der Waals surface area (Å²) in [6.45, 7) is 5.32. The van der Waals surface area contributed by atoms with Gasteiger partial charge in [-0.05, 0) is 50.6 Å². The Balaban J connectivity index is 1.91. The quantitative estimate of drug-likeness (QED) is 0.579. The fourth-order valence-corrected chi connectivity index (χ4v) is 3.32. The number of likely N-dealkylation sites (tertiary alicyclic amines) is 1. The van der Waals surface area contributed by atoms with E-state index in [4.69, 9.17) is 22.1 Å². The van der Waals surface area contributed by atoms with Gasteiger partial charge in [-0.1, -0.05) is 31.4 Å². The Morgan fingerprint density at radius 3 is 3.00 bits per heavy atom. The lowest BCUT2D eigenvalue weighted by atomic mass is 10.0. The van der Waals surface area contributed by atoms with Gasteiger partial charge in [-0.2, -0.15) is 0 Å². The van der Waals surface area contributed by atoms with Gasteiger partial charge in [0.2, 0.25) is 0 Å². The van der Waals surface area contributed by atoms with Crippen LogP contribution in [0.3, 0.4) is 0 Å². The van der Waals surface area contributed by atoms with Gasteiger partial charge in [-0.25, -0.2) is 0 Å². The molecule has 1 heterocycles. The van der Waals surface area contributed by atoms with Crippen LogP contribution in [0.4, 0.5) is 5.69 Å². The third-order valence-corrected chi connectivity index (χ3v) is 4.74. The minimum atomic E-state index is 0.428. The monoisotopic (exact) mass is 352 g/mol. The van der Waals surface area contributed by atoms with E-state index in [0.717, 1.165) is 18.8 Å². The molecule has 5 nitrogen and oxygen atoms in total. The lowest BCUT2D eigenvalue weighted by molar-refractivity contribution is 0.151. The smallest absolute Gasteiger partial charge is 0.193 e. The number of unbranched alkanes of at least 4 members (excludes halogenated alkanes) is 1. The van der Waals surface area contributed by atoms with Gasteiger partial charge in [0.15, 0.2) is 5.96 Å². The molecule has 0 radical (unpaired) electrons. The molecule has 0 saturated carbocycles. The van der Waals surface area contributed by atoms with Crippen molar-refractivity contribution in [1.82, 2.24) is 4.90 Å². The van der Waals surface area contributed by atoms with Crippen molar-refractivity contribution < 1.29 is 4.74 Å². The van der Waals surface area contributed by atoms with Crippen molar-refractivity contribution in [2.24, 2.45) is 10.7 Å². The predicted octanol–water partition coefficient (Wildman–Crippen LogP) is 3.73. The van der Waals surface area contributed by atoms with Crippen molar-refractivity contribution in [2.75, 3.05) is 32.1 Å². The summed E-state index contributed by atoms with van der Waals surface area (Å²) < 4.78 is 5.15. The van der Waals surface area contributed by atoms with Crippen LogP contribution in [-0.2, 0) is 0 Å². The first-order valence-corrected chi connectivity index (χ1v) is 9.16. The summed E-state index contributed by atoms with van der Waals surface area (Å²) in [5, 5.41) is 3.65. The van der Waals surface area contributed by atoms with Gasteiger partial charge in [0, 0.05) is 11.7 Å². The summed E-state index contributed by atoms with van der Waals surface area (Å²) >= 11 is 6.13. The van der Waals surface area contributed by atoms with Crippen molar-refractivity contribution in [3.05, 3.63) is 23.2 Å². The van der Waals surface area contributed by atoms with Gasteiger partial charge in [-0.3, -0.25) is 9.89 Å². The Kier molecular flexibility index (Phi) is 7.66. The van der Waals surface area contributed by atoms with Gasteiger partial charge >= 0.3 is 0 Å². The van der Waals surface area contributed by atoms with E-state index >= 15 is 0 Å². The standard InChI is InChI=1S/C18H29ClN4O/c1-3-4-10-23-11-6-5-7-15(23)13-21-18(20)22-14-8-9-17(24-2)16(19)12-14/h8-9,12,15H,3-7,10-11,13H2,1-2H3,(H3,20,21,22). The lowest BCUT2D eigenvalue weighted by Gasteiger charge is -2.34. The molecule has 0 spiro atoms. The fourth-order valence-electron chi connectivity index (χ4n) is 3.06. The number of nitrogens with two attached hydrogens (primary N) is 1. The largest absolute Gasteiger partial charge is 0.495 e. The fraction of sp³-hybridized carbons (Fsp3) is 0.611. The van der Waals surface area contributed by atoms with E-state index in [0.29, 0.717) is 22.8 Å². The molecule has 1 aromatic rings. The number of methoxy groups -OCH3 is 1. The molecule has 0 amide bonds. The van der Waals surface area contributed by atoms with Crippen LogP contribution in [-0.4, -0.2) is 43.6 Å². The first-order chi connectivity index (χ1) is 11.6.